The number of nitro groups is 1. The number of carbonyl (C=O) groups excluding carboxylic acids is 1. The highest BCUT2D eigenvalue weighted by Gasteiger charge is 2.05. The van der Waals surface area contributed by atoms with E-state index in [0.29, 0.717) is 12.2 Å². The Bertz CT molecular complexity index is 423. The molecule has 0 unspecified atom stereocenters. The lowest BCUT2D eigenvalue weighted by molar-refractivity contribution is -0.389. The zero-order chi connectivity index (χ0) is 12.7. The van der Waals surface area contributed by atoms with Crippen molar-refractivity contribution in [3.8, 4) is 0 Å². The Morgan fingerprint density at radius 1 is 1.59 bits per heavy atom. The lowest BCUT2D eigenvalue weighted by atomic mass is 10.3. The van der Waals surface area contributed by atoms with E-state index in [9.17, 15) is 14.9 Å². The Balaban J connectivity index is 2.46. The van der Waals surface area contributed by atoms with Gasteiger partial charge < -0.3 is 15.4 Å². The number of rotatable bonds is 6. The van der Waals surface area contributed by atoms with E-state index < -0.39 is 4.92 Å². The molecule has 0 atom stereocenters. The van der Waals surface area contributed by atoms with E-state index in [4.69, 9.17) is 0 Å². The minimum absolute atomic E-state index is 0.0870. The highest BCUT2D eigenvalue weighted by Crippen LogP contribution is 2.10. The topological polar surface area (TPSA) is 88.0 Å². The number of unbranched alkanes of at least 4 members (excludes halogenated alkanes) is 1. The summed E-state index contributed by atoms with van der Waals surface area (Å²) < 4.78 is 0. The van der Waals surface area contributed by atoms with Crippen LogP contribution in [-0.4, -0.2) is 22.4 Å². The smallest absolute Gasteiger partial charge is 0.321 e. The summed E-state index contributed by atoms with van der Waals surface area (Å²) in [5, 5.41) is 13.1. The van der Waals surface area contributed by atoms with Crippen LogP contribution < -0.4 is 5.32 Å². The zero-order valence-electron chi connectivity index (χ0n) is 9.60. The first kappa shape index (κ1) is 13.0. The Labute approximate surface area is 98.9 Å². The molecule has 0 fully saturated rings. The van der Waals surface area contributed by atoms with Gasteiger partial charge >= 0.3 is 5.82 Å². The normalized spacial score (nSPS) is 10.6. The second-order valence-corrected chi connectivity index (χ2v) is 3.53. The van der Waals surface area contributed by atoms with Gasteiger partial charge in [-0.05, 0) is 23.5 Å². The fourth-order valence-corrected chi connectivity index (χ4v) is 1.22. The molecule has 0 aliphatic carbocycles. The van der Waals surface area contributed by atoms with E-state index in [1.54, 1.807) is 6.07 Å². The molecular weight excluding hydrogens is 222 g/mol. The van der Waals surface area contributed by atoms with E-state index in [0.717, 1.165) is 12.8 Å². The predicted molar refractivity (Wildman–Crippen MR) is 64.4 cm³/mol. The van der Waals surface area contributed by atoms with Crippen LogP contribution in [0.3, 0.4) is 0 Å². The number of H-pyrrole nitrogens is 1. The number of nitrogens with zero attached hydrogens (tertiary/aromatic N) is 1. The molecule has 0 aliphatic rings. The van der Waals surface area contributed by atoms with Crippen LogP contribution in [0.4, 0.5) is 5.82 Å². The van der Waals surface area contributed by atoms with Crippen LogP contribution >= 0.6 is 0 Å². The SMILES string of the molecule is CCCCNC(=O)C=Cc1ccc([N+](=O)[O-])[nH]1. The van der Waals surface area contributed by atoms with Crippen LogP contribution in [0.2, 0.25) is 0 Å². The molecule has 0 radical (unpaired) electrons. The van der Waals surface area contributed by atoms with Gasteiger partial charge in [-0.2, -0.15) is 0 Å². The number of carbonyl (C=O) groups is 1. The average Bonchev–Trinajstić information content (AvgIpc) is 2.75. The molecule has 0 saturated heterocycles. The van der Waals surface area contributed by atoms with Crippen LogP contribution in [0.1, 0.15) is 25.5 Å². The molecule has 0 bridgehead atoms. The summed E-state index contributed by atoms with van der Waals surface area (Å²) in [4.78, 5) is 23.7. The van der Waals surface area contributed by atoms with Crippen molar-refractivity contribution in [3.05, 3.63) is 34.0 Å². The van der Waals surface area contributed by atoms with Crippen molar-refractivity contribution in [2.24, 2.45) is 0 Å². The summed E-state index contributed by atoms with van der Waals surface area (Å²) in [6.45, 7) is 2.69. The minimum Gasteiger partial charge on any atom is -0.358 e. The summed E-state index contributed by atoms with van der Waals surface area (Å²) in [5.74, 6) is -0.285. The van der Waals surface area contributed by atoms with Crippen molar-refractivity contribution in [1.29, 1.82) is 0 Å². The molecule has 1 aromatic heterocycles. The van der Waals surface area contributed by atoms with E-state index in [1.165, 1.54) is 18.2 Å². The number of amides is 1. The molecule has 17 heavy (non-hydrogen) atoms. The molecule has 1 rings (SSSR count). The summed E-state index contributed by atoms with van der Waals surface area (Å²) in [5.41, 5.74) is 0.530. The third kappa shape index (κ3) is 4.50. The third-order valence-corrected chi connectivity index (χ3v) is 2.13. The largest absolute Gasteiger partial charge is 0.358 e. The van der Waals surface area contributed by atoms with E-state index >= 15 is 0 Å². The molecule has 0 aliphatic heterocycles. The van der Waals surface area contributed by atoms with E-state index in [-0.39, 0.29) is 11.7 Å². The van der Waals surface area contributed by atoms with Gasteiger partial charge in [0.05, 0.1) is 0 Å². The minimum atomic E-state index is -0.515. The molecule has 0 spiro atoms. The van der Waals surface area contributed by atoms with Crippen LogP contribution in [-0.2, 0) is 4.79 Å². The van der Waals surface area contributed by atoms with Crippen molar-refractivity contribution in [3.63, 3.8) is 0 Å². The Morgan fingerprint density at radius 2 is 2.35 bits per heavy atom. The van der Waals surface area contributed by atoms with Gasteiger partial charge in [0.25, 0.3) is 0 Å². The third-order valence-electron chi connectivity index (χ3n) is 2.13. The molecule has 0 saturated carbocycles. The van der Waals surface area contributed by atoms with Gasteiger partial charge in [0, 0.05) is 18.7 Å². The van der Waals surface area contributed by atoms with Crippen molar-refractivity contribution >= 4 is 17.8 Å². The van der Waals surface area contributed by atoms with E-state index in [1.807, 2.05) is 6.92 Å². The summed E-state index contributed by atoms with van der Waals surface area (Å²) >= 11 is 0. The lowest BCUT2D eigenvalue weighted by Gasteiger charge is -1.98. The first-order chi connectivity index (χ1) is 8.13. The van der Waals surface area contributed by atoms with Gasteiger partial charge in [-0.1, -0.05) is 13.3 Å². The quantitative estimate of drug-likeness (QED) is 0.342. The number of hydrogen-bond acceptors (Lipinski definition) is 3. The van der Waals surface area contributed by atoms with E-state index in [2.05, 4.69) is 10.3 Å². The molecule has 6 nitrogen and oxygen atoms in total. The number of aromatic nitrogens is 1. The van der Waals surface area contributed by atoms with Gasteiger partial charge in [0.2, 0.25) is 5.91 Å². The van der Waals surface area contributed by atoms with Crippen molar-refractivity contribution < 1.29 is 9.72 Å². The van der Waals surface area contributed by atoms with Crippen LogP contribution in [0, 0.1) is 10.1 Å². The van der Waals surface area contributed by atoms with Crippen LogP contribution in [0.15, 0.2) is 18.2 Å². The molecular formula is C11H15N3O3. The van der Waals surface area contributed by atoms with Gasteiger partial charge in [0.15, 0.2) is 0 Å². The Morgan fingerprint density at radius 3 is 2.94 bits per heavy atom. The number of nitrogens with one attached hydrogen (secondary N) is 2. The second-order valence-electron chi connectivity index (χ2n) is 3.53. The highest BCUT2D eigenvalue weighted by atomic mass is 16.6. The summed E-state index contributed by atoms with van der Waals surface area (Å²) in [6.07, 6.45) is 4.82. The maximum atomic E-state index is 11.3. The Kier molecular flexibility index (Phi) is 4.93. The molecule has 1 aromatic rings. The molecule has 92 valence electrons. The standard InChI is InChI=1S/C11H15N3O3/c1-2-3-8-12-11(15)7-5-9-4-6-10(13-9)14(16)17/h4-7,13H,2-3,8H2,1H3,(H,12,15). The van der Waals surface area contributed by atoms with Crippen LogP contribution in [0.25, 0.3) is 6.08 Å². The Hall–Kier alpha value is -2.11. The average molecular weight is 237 g/mol. The van der Waals surface area contributed by atoms with Crippen molar-refractivity contribution in [2.45, 2.75) is 19.8 Å². The first-order valence-electron chi connectivity index (χ1n) is 5.42. The van der Waals surface area contributed by atoms with Crippen molar-refractivity contribution in [2.75, 3.05) is 6.54 Å². The number of hydrogen-bond donors (Lipinski definition) is 2. The zero-order valence-corrected chi connectivity index (χ0v) is 9.60. The summed E-state index contributed by atoms with van der Waals surface area (Å²) in [6, 6.07) is 2.91. The van der Waals surface area contributed by atoms with Gasteiger partial charge in [-0.15, -0.1) is 0 Å². The predicted octanol–water partition coefficient (Wildman–Crippen LogP) is 1.85. The molecule has 0 aromatic carbocycles. The maximum absolute atomic E-state index is 11.3. The first-order valence-corrected chi connectivity index (χ1v) is 5.42. The molecule has 1 heterocycles. The molecule has 6 heteroatoms. The van der Waals surface area contributed by atoms with Gasteiger partial charge in [-0.25, -0.2) is 4.98 Å². The summed E-state index contributed by atoms with van der Waals surface area (Å²) in [7, 11) is 0. The lowest BCUT2D eigenvalue weighted by Crippen LogP contribution is -2.21. The van der Waals surface area contributed by atoms with Gasteiger partial charge in [0.1, 0.15) is 5.69 Å². The van der Waals surface area contributed by atoms with Gasteiger partial charge in [-0.3, -0.25) is 4.79 Å². The fourth-order valence-electron chi connectivity index (χ4n) is 1.22. The molecule has 2 N–H and O–H groups in total. The highest BCUT2D eigenvalue weighted by molar-refractivity contribution is 5.91. The van der Waals surface area contributed by atoms with Crippen LogP contribution in [0.5, 0.6) is 0 Å². The maximum Gasteiger partial charge on any atom is 0.321 e. The molecule has 1 amide bonds. The fraction of sp³-hybridized carbons (Fsp3) is 0.364. The van der Waals surface area contributed by atoms with Crippen molar-refractivity contribution in [1.82, 2.24) is 10.3 Å². The number of aromatic amines is 1. The monoisotopic (exact) mass is 237 g/mol. The second kappa shape index (κ2) is 6.47.